The topological polar surface area (TPSA) is 81.7 Å². The predicted molar refractivity (Wildman–Crippen MR) is 131 cm³/mol. The summed E-state index contributed by atoms with van der Waals surface area (Å²) in [5.74, 6) is -0.776. The molecule has 4 rings (SSSR count). The molecule has 3 aromatic rings. The van der Waals surface area contributed by atoms with Gasteiger partial charge in [-0.2, -0.15) is 4.31 Å². The molecule has 1 aliphatic heterocycles. The number of nitrogens with zero attached hydrogens (tertiary/aromatic N) is 1. The second-order valence-corrected chi connectivity index (χ2v) is 9.41. The van der Waals surface area contributed by atoms with Crippen LogP contribution in [0.25, 0.3) is 6.08 Å². The Bertz CT molecular complexity index is 1300. The van der Waals surface area contributed by atoms with Gasteiger partial charge >= 0.3 is 0 Å². The Labute approximate surface area is 204 Å². The number of rotatable bonds is 5. The molecule has 6 nitrogen and oxygen atoms in total. The standard InChI is InChI=1S/C25H20ClFN2O4S/c1-29-22-10-6-17(25(31)28-14-15-3-7-18(33-2)8-4-15)13-19(22)24(30)23(34(29)32)12-16-5-9-20(26)21(27)11-16/h3-13H,14H2,1-2H3,(H,28,31)/b23-12-. The summed E-state index contributed by atoms with van der Waals surface area (Å²) in [6, 6.07) is 16.0. The van der Waals surface area contributed by atoms with Gasteiger partial charge in [-0.3, -0.25) is 9.59 Å². The average molecular weight is 499 g/mol. The molecule has 0 bridgehead atoms. The normalized spacial score (nSPS) is 16.4. The number of nitrogens with one attached hydrogen (secondary N) is 1. The molecule has 1 unspecified atom stereocenters. The zero-order valence-corrected chi connectivity index (χ0v) is 19.9. The van der Waals surface area contributed by atoms with Crippen LogP contribution < -0.4 is 14.4 Å². The van der Waals surface area contributed by atoms with Gasteiger partial charge in [0.15, 0.2) is 0 Å². The van der Waals surface area contributed by atoms with Gasteiger partial charge in [0.1, 0.15) is 22.9 Å². The maximum Gasteiger partial charge on any atom is 0.251 e. The minimum Gasteiger partial charge on any atom is -0.588 e. The van der Waals surface area contributed by atoms with Crippen LogP contribution in [0.15, 0.2) is 65.6 Å². The van der Waals surface area contributed by atoms with E-state index in [9.17, 15) is 18.5 Å². The summed E-state index contributed by atoms with van der Waals surface area (Å²) in [5, 5.41) is 2.77. The van der Waals surface area contributed by atoms with Gasteiger partial charge in [-0.1, -0.05) is 29.8 Å². The van der Waals surface area contributed by atoms with Crippen molar-refractivity contribution in [3.8, 4) is 5.75 Å². The summed E-state index contributed by atoms with van der Waals surface area (Å²) in [6.45, 7) is 0.297. The Hall–Kier alpha value is -3.33. The van der Waals surface area contributed by atoms with E-state index < -0.39 is 23.0 Å². The molecular weight excluding hydrogens is 479 g/mol. The molecular formula is C25H20ClFN2O4S. The van der Waals surface area contributed by atoms with Gasteiger partial charge in [-0.05, 0) is 53.6 Å². The van der Waals surface area contributed by atoms with Gasteiger partial charge in [-0.25, -0.2) is 4.39 Å². The Morgan fingerprint density at radius 2 is 1.91 bits per heavy atom. The molecule has 0 radical (unpaired) electrons. The lowest BCUT2D eigenvalue weighted by Gasteiger charge is -2.29. The SMILES string of the molecule is COc1ccc(CNC(=O)c2ccc3c(c2)C(=O)/C(=C/c2ccc(Cl)c(F)c2)[S+]([O-])N3C)cc1. The summed E-state index contributed by atoms with van der Waals surface area (Å²) in [6.07, 6.45) is 1.37. The molecule has 0 aliphatic carbocycles. The van der Waals surface area contributed by atoms with Crippen LogP contribution >= 0.6 is 11.6 Å². The molecule has 174 valence electrons. The van der Waals surface area contributed by atoms with Crippen LogP contribution in [0.3, 0.4) is 0 Å². The van der Waals surface area contributed by atoms with E-state index in [0.717, 1.165) is 11.3 Å². The Morgan fingerprint density at radius 1 is 1.18 bits per heavy atom. The van der Waals surface area contributed by atoms with E-state index in [1.807, 2.05) is 12.1 Å². The first-order valence-electron chi connectivity index (χ1n) is 10.2. The number of anilines is 1. The van der Waals surface area contributed by atoms with Gasteiger partial charge in [0, 0.05) is 18.2 Å². The maximum atomic E-state index is 13.8. The molecule has 0 spiro atoms. The zero-order valence-electron chi connectivity index (χ0n) is 18.3. The van der Waals surface area contributed by atoms with Crippen molar-refractivity contribution in [2.75, 3.05) is 18.5 Å². The fraction of sp³-hybridized carbons (Fsp3) is 0.120. The highest BCUT2D eigenvalue weighted by molar-refractivity contribution is 7.97. The number of allylic oxidation sites excluding steroid dienone is 1. The summed E-state index contributed by atoms with van der Waals surface area (Å²) >= 11 is 3.93. The van der Waals surface area contributed by atoms with E-state index in [2.05, 4.69) is 5.32 Å². The van der Waals surface area contributed by atoms with E-state index >= 15 is 0 Å². The number of hydrogen-bond acceptors (Lipinski definition) is 5. The second kappa shape index (κ2) is 9.89. The van der Waals surface area contributed by atoms with E-state index in [0.29, 0.717) is 23.4 Å². The molecule has 9 heteroatoms. The summed E-state index contributed by atoms with van der Waals surface area (Å²) in [4.78, 5) is 25.9. The van der Waals surface area contributed by atoms with Crippen LogP contribution in [-0.4, -0.2) is 30.4 Å². The van der Waals surface area contributed by atoms with Crippen molar-refractivity contribution in [1.82, 2.24) is 5.32 Å². The third kappa shape index (κ3) is 4.79. The predicted octanol–water partition coefficient (Wildman–Crippen LogP) is 4.76. The Morgan fingerprint density at radius 3 is 2.59 bits per heavy atom. The van der Waals surface area contributed by atoms with Crippen molar-refractivity contribution in [2.45, 2.75) is 6.54 Å². The number of ether oxygens (including phenoxy) is 1. The fourth-order valence-corrected chi connectivity index (χ4v) is 4.74. The highest BCUT2D eigenvalue weighted by Crippen LogP contribution is 2.35. The minimum atomic E-state index is -1.80. The first-order valence-corrected chi connectivity index (χ1v) is 11.7. The van der Waals surface area contributed by atoms with Crippen LogP contribution in [0.5, 0.6) is 5.75 Å². The number of amides is 1. The van der Waals surface area contributed by atoms with Gasteiger partial charge < -0.3 is 14.6 Å². The number of carbonyl (C=O) groups excluding carboxylic acids is 2. The number of ketones is 1. The monoisotopic (exact) mass is 498 g/mol. The van der Waals surface area contributed by atoms with Gasteiger partial charge in [0.25, 0.3) is 5.91 Å². The summed E-state index contributed by atoms with van der Waals surface area (Å²) in [7, 11) is 3.16. The van der Waals surface area contributed by atoms with Crippen molar-refractivity contribution in [3.63, 3.8) is 0 Å². The largest absolute Gasteiger partial charge is 0.588 e. The number of fused-ring (bicyclic) bond motifs is 1. The lowest BCUT2D eigenvalue weighted by atomic mass is 10.0. The van der Waals surface area contributed by atoms with Crippen LogP contribution in [0, 0.1) is 5.82 Å². The number of methoxy groups -OCH3 is 1. The van der Waals surface area contributed by atoms with E-state index in [-0.39, 0.29) is 21.4 Å². The Balaban J connectivity index is 1.58. The molecule has 0 aromatic heterocycles. The molecule has 3 aromatic carbocycles. The van der Waals surface area contributed by atoms with Crippen LogP contribution in [0.2, 0.25) is 5.02 Å². The number of halogens is 2. The van der Waals surface area contributed by atoms with E-state index in [4.69, 9.17) is 16.3 Å². The number of benzene rings is 3. The van der Waals surface area contributed by atoms with Crippen LogP contribution in [0.4, 0.5) is 10.1 Å². The summed E-state index contributed by atoms with van der Waals surface area (Å²) in [5.41, 5.74) is 2.20. The highest BCUT2D eigenvalue weighted by atomic mass is 35.5. The maximum absolute atomic E-state index is 13.8. The smallest absolute Gasteiger partial charge is 0.251 e. The summed E-state index contributed by atoms with van der Waals surface area (Å²) < 4.78 is 33.3. The van der Waals surface area contributed by atoms with Crippen molar-refractivity contribution in [2.24, 2.45) is 0 Å². The van der Waals surface area contributed by atoms with Crippen LogP contribution in [0.1, 0.15) is 31.8 Å². The molecule has 1 aliphatic rings. The fourth-order valence-electron chi connectivity index (χ4n) is 3.48. The second-order valence-electron chi connectivity index (χ2n) is 7.52. The molecule has 1 amide bonds. The first-order chi connectivity index (χ1) is 16.3. The third-order valence-corrected chi connectivity index (χ3v) is 7.04. The zero-order chi connectivity index (χ0) is 24.4. The molecule has 0 saturated carbocycles. The molecule has 0 saturated heterocycles. The minimum absolute atomic E-state index is 0.0208. The number of hydrogen-bond donors (Lipinski definition) is 1. The third-order valence-electron chi connectivity index (χ3n) is 5.36. The first kappa shape index (κ1) is 23.8. The molecule has 1 N–H and O–H groups in total. The molecule has 34 heavy (non-hydrogen) atoms. The van der Waals surface area contributed by atoms with Crippen molar-refractivity contribution in [3.05, 3.63) is 98.7 Å². The van der Waals surface area contributed by atoms with Crippen LogP contribution in [-0.2, 0) is 17.9 Å². The van der Waals surface area contributed by atoms with Gasteiger partial charge in [0.05, 0.1) is 30.4 Å². The number of carbonyl (C=O) groups is 2. The molecule has 1 heterocycles. The van der Waals surface area contributed by atoms with Crippen molar-refractivity contribution >= 4 is 46.4 Å². The molecule has 1 atom stereocenters. The van der Waals surface area contributed by atoms with Crippen molar-refractivity contribution in [1.29, 1.82) is 0 Å². The Kier molecular flexibility index (Phi) is 6.92. The molecule has 0 fully saturated rings. The average Bonchev–Trinajstić information content (AvgIpc) is 2.85. The van der Waals surface area contributed by atoms with Gasteiger partial charge in [0.2, 0.25) is 10.7 Å². The van der Waals surface area contributed by atoms with Gasteiger partial charge in [-0.15, -0.1) is 0 Å². The highest BCUT2D eigenvalue weighted by Gasteiger charge is 2.38. The lowest BCUT2D eigenvalue weighted by Crippen LogP contribution is -2.36. The van der Waals surface area contributed by atoms with Crippen molar-refractivity contribution < 1.29 is 23.3 Å². The number of Topliss-reactive ketones (excluding diaryl/α,β-unsaturated/α-hetero) is 1. The van der Waals surface area contributed by atoms with E-state index in [1.165, 1.54) is 34.6 Å². The lowest BCUT2D eigenvalue weighted by molar-refractivity contribution is 0.0951. The van der Waals surface area contributed by atoms with E-state index in [1.54, 1.807) is 38.4 Å². The quantitative estimate of drug-likeness (QED) is 0.405.